The maximum absolute atomic E-state index is 13.0. The third-order valence-electron chi connectivity index (χ3n) is 19.4. The number of aliphatic carboxylic acids is 1. The lowest BCUT2D eigenvalue weighted by Gasteiger charge is -2.25. The standard InChI is InChI=1S/C90H165NO8/c1-6-8-10-12-14-16-18-20-22-24-26-28-30-32-34-36-38-40-42-43-44-45-47-48-50-52-54-56-58-60-62-64-66-68-70-72-74-76-78-80-87(92)97-84-86(85-98-90(89(94)95)96-83-82-91(3,4)5)99-88(93)81-79-77-75-73-71-69-67-65-63-61-59-57-55-53-51-49-46-41-39-37-35-33-31-29-27-25-23-21-19-17-15-13-11-9-7-2/h9,11,15,17-18,20-21,23-24,26-27,29,86,90H,6-8,10,12-14,16,19,22,25,28,30-85H2,1-5H3/p+1/b11-9-,17-15-,20-18-,23-21-,26-24-,29-27-. The molecule has 0 spiro atoms. The van der Waals surface area contributed by atoms with Crippen LogP contribution < -0.4 is 0 Å². The summed E-state index contributed by atoms with van der Waals surface area (Å²) in [5.74, 6) is -1.97. The Bertz CT molecular complexity index is 1860. The molecule has 2 atom stereocenters. The third-order valence-corrected chi connectivity index (χ3v) is 19.4. The maximum Gasteiger partial charge on any atom is 0.361 e. The zero-order chi connectivity index (χ0) is 71.8. The number of esters is 2. The number of unbranched alkanes of at least 4 members (excludes halogenated alkanes) is 54. The van der Waals surface area contributed by atoms with Crippen molar-refractivity contribution in [2.75, 3.05) is 47.5 Å². The van der Waals surface area contributed by atoms with Crippen LogP contribution in [0.5, 0.6) is 0 Å². The summed E-state index contributed by atoms with van der Waals surface area (Å²) in [5, 5.41) is 9.79. The van der Waals surface area contributed by atoms with E-state index < -0.39 is 18.4 Å². The van der Waals surface area contributed by atoms with Crippen LogP contribution in [0.15, 0.2) is 72.9 Å². The molecule has 0 aliphatic heterocycles. The predicted molar refractivity (Wildman–Crippen MR) is 429 cm³/mol. The molecule has 0 radical (unpaired) electrons. The lowest BCUT2D eigenvalue weighted by molar-refractivity contribution is -0.870. The number of rotatable bonds is 81. The van der Waals surface area contributed by atoms with Crippen LogP contribution in [0.4, 0.5) is 0 Å². The fraction of sp³-hybridized carbons (Fsp3) is 0.833. The van der Waals surface area contributed by atoms with Gasteiger partial charge in [-0.15, -0.1) is 0 Å². The largest absolute Gasteiger partial charge is 0.477 e. The fourth-order valence-electron chi connectivity index (χ4n) is 12.9. The molecule has 0 aliphatic carbocycles. The SMILES string of the molecule is CC/C=C\C/C=C\C/C=C\C/C=C\CCCCCCCCCCCCCCCCCCCCCCCCC(=O)OC(COC(=O)CCCCCCCCCCCCCCCCCCCCCCCCCCCCC/C=C\C/C=C\CCCCCCC)COC(OCC[N+](C)(C)C)C(=O)O. The van der Waals surface area contributed by atoms with Gasteiger partial charge in [0.1, 0.15) is 13.2 Å². The second-order valence-electron chi connectivity index (χ2n) is 30.5. The van der Waals surface area contributed by atoms with Crippen molar-refractivity contribution in [1.29, 1.82) is 0 Å². The van der Waals surface area contributed by atoms with Gasteiger partial charge in [-0.05, 0) is 83.5 Å². The molecule has 99 heavy (non-hydrogen) atoms. The number of allylic oxidation sites excluding steroid dienone is 12. The quantitative estimate of drug-likeness (QED) is 0.0211. The highest BCUT2D eigenvalue weighted by atomic mass is 16.7. The minimum absolute atomic E-state index is 0.177. The summed E-state index contributed by atoms with van der Waals surface area (Å²) in [6.07, 6.45) is 107. The average Bonchev–Trinajstić information content (AvgIpc) is 1.16. The number of carbonyl (C=O) groups is 3. The fourth-order valence-corrected chi connectivity index (χ4v) is 12.9. The van der Waals surface area contributed by atoms with Gasteiger partial charge in [0, 0.05) is 12.8 Å². The first kappa shape index (κ1) is 95.7. The average molecular weight is 1390 g/mol. The van der Waals surface area contributed by atoms with E-state index in [2.05, 4.69) is 86.8 Å². The number of quaternary nitrogens is 1. The highest BCUT2D eigenvalue weighted by Gasteiger charge is 2.25. The van der Waals surface area contributed by atoms with Gasteiger partial charge in [-0.1, -0.05) is 401 Å². The van der Waals surface area contributed by atoms with E-state index in [9.17, 15) is 19.5 Å². The van der Waals surface area contributed by atoms with Gasteiger partial charge in [-0.2, -0.15) is 0 Å². The molecule has 0 rings (SSSR count). The van der Waals surface area contributed by atoms with Crippen LogP contribution in [0.3, 0.4) is 0 Å². The first-order valence-corrected chi connectivity index (χ1v) is 43.1. The molecule has 0 fully saturated rings. The molecule has 0 saturated carbocycles. The highest BCUT2D eigenvalue weighted by molar-refractivity contribution is 5.71. The van der Waals surface area contributed by atoms with Gasteiger partial charge >= 0.3 is 17.9 Å². The van der Waals surface area contributed by atoms with Crippen LogP contribution in [0.2, 0.25) is 0 Å². The van der Waals surface area contributed by atoms with Crippen LogP contribution >= 0.6 is 0 Å². The molecule has 578 valence electrons. The number of ether oxygens (including phenoxy) is 4. The minimum atomic E-state index is -1.51. The maximum atomic E-state index is 13.0. The summed E-state index contributed by atoms with van der Waals surface area (Å²) < 4.78 is 23.1. The Morgan fingerprint density at radius 1 is 0.313 bits per heavy atom. The Labute approximate surface area is 615 Å². The Morgan fingerprint density at radius 2 is 0.576 bits per heavy atom. The van der Waals surface area contributed by atoms with Crippen molar-refractivity contribution < 1.29 is 42.9 Å². The van der Waals surface area contributed by atoms with Crippen LogP contribution in [0.25, 0.3) is 0 Å². The van der Waals surface area contributed by atoms with Crippen molar-refractivity contribution in [2.45, 2.75) is 437 Å². The van der Waals surface area contributed by atoms with E-state index in [0.717, 1.165) is 70.6 Å². The Hall–Kier alpha value is -3.27. The highest BCUT2D eigenvalue weighted by Crippen LogP contribution is 2.20. The van der Waals surface area contributed by atoms with E-state index in [1.54, 1.807) is 0 Å². The first-order valence-electron chi connectivity index (χ1n) is 43.1. The Morgan fingerprint density at radius 3 is 0.859 bits per heavy atom. The lowest BCUT2D eigenvalue weighted by Crippen LogP contribution is -2.40. The molecule has 2 unspecified atom stereocenters. The molecule has 0 bridgehead atoms. The molecule has 9 nitrogen and oxygen atoms in total. The summed E-state index contributed by atoms with van der Waals surface area (Å²) >= 11 is 0. The van der Waals surface area contributed by atoms with E-state index in [-0.39, 0.29) is 38.2 Å². The number of hydrogen-bond donors (Lipinski definition) is 1. The van der Waals surface area contributed by atoms with Crippen molar-refractivity contribution in [3.8, 4) is 0 Å². The molecular weight excluding hydrogens is 1220 g/mol. The molecule has 9 heteroatoms. The van der Waals surface area contributed by atoms with Crippen LogP contribution in [-0.4, -0.2) is 87.4 Å². The first-order chi connectivity index (χ1) is 48.6. The van der Waals surface area contributed by atoms with Crippen LogP contribution in [0.1, 0.15) is 425 Å². The van der Waals surface area contributed by atoms with Gasteiger partial charge in [-0.25, -0.2) is 4.79 Å². The monoisotopic (exact) mass is 1390 g/mol. The minimum Gasteiger partial charge on any atom is -0.477 e. The van der Waals surface area contributed by atoms with E-state index in [0.29, 0.717) is 17.4 Å². The van der Waals surface area contributed by atoms with Crippen LogP contribution in [0, 0.1) is 0 Å². The molecular formula is C90H166NO8+. The molecule has 0 amide bonds. The van der Waals surface area contributed by atoms with Gasteiger partial charge < -0.3 is 28.5 Å². The molecule has 0 aromatic carbocycles. The molecule has 0 aromatic heterocycles. The van der Waals surface area contributed by atoms with Crippen molar-refractivity contribution >= 4 is 17.9 Å². The second kappa shape index (κ2) is 80.4. The van der Waals surface area contributed by atoms with Gasteiger partial charge in [0.25, 0.3) is 6.29 Å². The van der Waals surface area contributed by atoms with E-state index >= 15 is 0 Å². The smallest absolute Gasteiger partial charge is 0.361 e. The number of hydrogen-bond acceptors (Lipinski definition) is 7. The number of carboxylic acid groups (broad SMARTS) is 1. The normalized spacial score (nSPS) is 12.9. The number of nitrogens with zero attached hydrogens (tertiary/aromatic N) is 1. The molecule has 0 heterocycles. The second-order valence-corrected chi connectivity index (χ2v) is 30.5. The number of carbonyl (C=O) groups excluding carboxylic acids is 2. The zero-order valence-electron chi connectivity index (χ0n) is 66.4. The van der Waals surface area contributed by atoms with Gasteiger partial charge in [0.15, 0.2) is 6.10 Å². The van der Waals surface area contributed by atoms with Gasteiger partial charge in [0.05, 0.1) is 34.4 Å². The summed E-state index contributed by atoms with van der Waals surface area (Å²) in [7, 11) is 6.00. The summed E-state index contributed by atoms with van der Waals surface area (Å²) in [6, 6.07) is 0. The van der Waals surface area contributed by atoms with Crippen molar-refractivity contribution in [3.63, 3.8) is 0 Å². The summed E-state index contributed by atoms with van der Waals surface area (Å²) in [5.41, 5.74) is 0. The van der Waals surface area contributed by atoms with E-state index in [1.807, 2.05) is 21.1 Å². The van der Waals surface area contributed by atoms with Crippen molar-refractivity contribution in [3.05, 3.63) is 72.9 Å². The number of likely N-dealkylation sites (N-methyl/N-ethyl adjacent to an activating group) is 1. The molecule has 0 aromatic rings. The van der Waals surface area contributed by atoms with Gasteiger partial charge in [0.2, 0.25) is 0 Å². The molecule has 1 N–H and O–H groups in total. The lowest BCUT2D eigenvalue weighted by atomic mass is 10.0. The van der Waals surface area contributed by atoms with Gasteiger partial charge in [-0.3, -0.25) is 9.59 Å². The van der Waals surface area contributed by atoms with Crippen molar-refractivity contribution in [1.82, 2.24) is 0 Å². The molecule has 0 aliphatic rings. The summed E-state index contributed by atoms with van der Waals surface area (Å²) in [4.78, 5) is 37.8. The zero-order valence-corrected chi connectivity index (χ0v) is 66.4. The van der Waals surface area contributed by atoms with E-state index in [4.69, 9.17) is 18.9 Å². The summed E-state index contributed by atoms with van der Waals surface area (Å²) in [6.45, 7) is 4.83. The van der Waals surface area contributed by atoms with Crippen molar-refractivity contribution in [2.24, 2.45) is 0 Å². The Balaban J connectivity index is 3.92. The number of carboxylic acids is 1. The topological polar surface area (TPSA) is 108 Å². The van der Waals surface area contributed by atoms with Crippen LogP contribution in [-0.2, 0) is 33.3 Å². The Kier molecular flexibility index (Phi) is 77.8. The molecule has 0 saturated heterocycles. The third kappa shape index (κ3) is 81.9. The predicted octanol–water partition coefficient (Wildman–Crippen LogP) is 27.9. The van der Waals surface area contributed by atoms with E-state index in [1.165, 1.54) is 327 Å².